The number of nitrogens with one attached hydrogen (secondary N) is 1. The number of benzene rings is 1. The van der Waals surface area contributed by atoms with Crippen LogP contribution in [-0.2, 0) is 23.5 Å². The molecular formula is C12H15N5O2S2. The highest BCUT2D eigenvalue weighted by atomic mass is 32.2. The Bertz CT molecular complexity index is 755. The molecule has 3 N–H and O–H groups in total. The molecule has 1 aromatic heterocycles. The summed E-state index contributed by atoms with van der Waals surface area (Å²) >= 11 is 4.87. The molecule has 0 radical (unpaired) electrons. The van der Waals surface area contributed by atoms with Gasteiger partial charge in [0.1, 0.15) is 11.3 Å². The number of aryl methyl sites for hydroxylation is 1. The van der Waals surface area contributed by atoms with Crippen LogP contribution in [0.3, 0.4) is 0 Å². The van der Waals surface area contributed by atoms with Gasteiger partial charge in [-0.25, -0.2) is 18.1 Å². The largest absolute Gasteiger partial charge is 0.389 e. The SMILES string of the molecule is Cn1cnc(CCNS(=O)(=O)c2ccccc2C(N)=S)n1. The minimum atomic E-state index is -3.68. The van der Waals surface area contributed by atoms with E-state index in [1.54, 1.807) is 36.3 Å². The molecule has 0 amide bonds. The van der Waals surface area contributed by atoms with Crippen LogP contribution in [0.2, 0.25) is 0 Å². The maximum Gasteiger partial charge on any atom is 0.241 e. The van der Waals surface area contributed by atoms with Crippen LogP contribution in [0, 0.1) is 0 Å². The highest BCUT2D eigenvalue weighted by molar-refractivity contribution is 7.89. The average Bonchev–Trinajstić information content (AvgIpc) is 2.84. The van der Waals surface area contributed by atoms with Crippen molar-refractivity contribution in [3.63, 3.8) is 0 Å². The van der Waals surface area contributed by atoms with Crippen molar-refractivity contribution in [2.24, 2.45) is 12.8 Å². The molecular weight excluding hydrogens is 310 g/mol. The molecule has 2 aromatic rings. The highest BCUT2D eigenvalue weighted by Gasteiger charge is 2.19. The summed E-state index contributed by atoms with van der Waals surface area (Å²) in [5.74, 6) is 0.572. The normalized spacial score (nSPS) is 11.5. The fourth-order valence-corrected chi connectivity index (χ4v) is 3.27. The van der Waals surface area contributed by atoms with Gasteiger partial charge in [0.05, 0.1) is 4.90 Å². The van der Waals surface area contributed by atoms with Crippen molar-refractivity contribution in [2.75, 3.05) is 6.54 Å². The topological polar surface area (TPSA) is 103 Å². The van der Waals surface area contributed by atoms with Gasteiger partial charge >= 0.3 is 0 Å². The van der Waals surface area contributed by atoms with Crippen molar-refractivity contribution in [2.45, 2.75) is 11.3 Å². The molecule has 0 fully saturated rings. The molecule has 2 rings (SSSR count). The molecule has 0 aliphatic carbocycles. The first-order chi connectivity index (χ1) is 9.90. The van der Waals surface area contributed by atoms with E-state index in [4.69, 9.17) is 18.0 Å². The zero-order valence-corrected chi connectivity index (χ0v) is 13.0. The van der Waals surface area contributed by atoms with E-state index < -0.39 is 10.0 Å². The lowest BCUT2D eigenvalue weighted by atomic mass is 10.2. The van der Waals surface area contributed by atoms with E-state index in [-0.39, 0.29) is 16.4 Å². The van der Waals surface area contributed by atoms with Gasteiger partial charge in [-0.1, -0.05) is 30.4 Å². The first-order valence-corrected chi connectivity index (χ1v) is 8.02. The summed E-state index contributed by atoms with van der Waals surface area (Å²) in [5.41, 5.74) is 5.88. The minimum absolute atomic E-state index is 0.0439. The molecule has 0 spiro atoms. The Morgan fingerprint density at radius 1 is 1.43 bits per heavy atom. The third-order valence-electron chi connectivity index (χ3n) is 2.73. The first-order valence-electron chi connectivity index (χ1n) is 6.13. The van der Waals surface area contributed by atoms with E-state index in [2.05, 4.69) is 14.8 Å². The lowest BCUT2D eigenvalue weighted by Crippen LogP contribution is -2.28. The Kier molecular flexibility index (Phi) is 4.66. The van der Waals surface area contributed by atoms with E-state index in [1.165, 1.54) is 6.07 Å². The second-order valence-electron chi connectivity index (χ2n) is 4.34. The zero-order valence-electron chi connectivity index (χ0n) is 11.4. The van der Waals surface area contributed by atoms with Crippen molar-refractivity contribution in [3.05, 3.63) is 42.0 Å². The molecule has 7 nitrogen and oxygen atoms in total. The Morgan fingerprint density at radius 2 is 2.14 bits per heavy atom. The van der Waals surface area contributed by atoms with Crippen molar-refractivity contribution < 1.29 is 8.42 Å². The molecule has 0 saturated heterocycles. The maximum absolute atomic E-state index is 12.3. The number of hydrogen-bond donors (Lipinski definition) is 2. The average molecular weight is 325 g/mol. The number of nitrogens with two attached hydrogens (primary N) is 1. The van der Waals surface area contributed by atoms with Crippen molar-refractivity contribution in [1.82, 2.24) is 19.5 Å². The lowest BCUT2D eigenvalue weighted by Gasteiger charge is -2.09. The highest BCUT2D eigenvalue weighted by Crippen LogP contribution is 2.15. The van der Waals surface area contributed by atoms with E-state index in [0.29, 0.717) is 17.8 Å². The van der Waals surface area contributed by atoms with Crippen molar-refractivity contribution in [3.8, 4) is 0 Å². The number of rotatable bonds is 6. The third kappa shape index (κ3) is 3.84. The molecule has 0 atom stereocenters. The van der Waals surface area contributed by atoms with Gasteiger partial charge in [0.25, 0.3) is 0 Å². The molecule has 1 aromatic carbocycles. The second-order valence-corrected chi connectivity index (χ2v) is 6.52. The van der Waals surface area contributed by atoms with E-state index in [0.717, 1.165) is 0 Å². The van der Waals surface area contributed by atoms with Crippen LogP contribution in [-0.4, -0.2) is 34.7 Å². The minimum Gasteiger partial charge on any atom is -0.389 e. The molecule has 9 heteroatoms. The molecule has 0 saturated carbocycles. The summed E-state index contributed by atoms with van der Waals surface area (Å²) in [7, 11) is -1.93. The Morgan fingerprint density at radius 3 is 2.76 bits per heavy atom. The van der Waals surface area contributed by atoms with E-state index >= 15 is 0 Å². The number of sulfonamides is 1. The third-order valence-corrected chi connectivity index (χ3v) is 4.47. The first kappa shape index (κ1) is 15.5. The van der Waals surface area contributed by atoms with Crippen LogP contribution in [0.1, 0.15) is 11.4 Å². The van der Waals surface area contributed by atoms with Crippen LogP contribution in [0.4, 0.5) is 0 Å². The summed E-state index contributed by atoms with van der Waals surface area (Å²) in [5, 5.41) is 4.08. The predicted molar refractivity (Wildman–Crippen MR) is 82.2 cm³/mol. The summed E-state index contributed by atoms with van der Waals surface area (Å²) in [6.45, 7) is 0.192. The van der Waals surface area contributed by atoms with Gasteiger partial charge < -0.3 is 5.73 Å². The fourth-order valence-electron chi connectivity index (χ4n) is 1.78. The van der Waals surface area contributed by atoms with Gasteiger partial charge in [0, 0.05) is 25.6 Å². The standard InChI is InChI=1S/C12H15N5O2S2/c1-17-8-14-11(16-17)6-7-15-21(18,19)10-5-3-2-4-9(10)12(13)20/h2-5,8,15H,6-7H2,1H3,(H2,13,20). The van der Waals surface area contributed by atoms with Gasteiger partial charge in [0.2, 0.25) is 10.0 Å². The fraction of sp³-hybridized carbons (Fsp3) is 0.250. The Labute approximate surface area is 128 Å². The summed E-state index contributed by atoms with van der Waals surface area (Å²) < 4.78 is 28.6. The van der Waals surface area contributed by atoms with Gasteiger partial charge in [-0.15, -0.1) is 0 Å². The smallest absolute Gasteiger partial charge is 0.241 e. The Balaban J connectivity index is 2.10. The maximum atomic E-state index is 12.3. The number of aromatic nitrogens is 3. The lowest BCUT2D eigenvalue weighted by molar-refractivity contribution is 0.580. The van der Waals surface area contributed by atoms with Crippen molar-refractivity contribution >= 4 is 27.2 Å². The van der Waals surface area contributed by atoms with Crippen LogP contribution in [0.25, 0.3) is 0 Å². The summed E-state index contributed by atoms with van der Waals surface area (Å²) in [6.07, 6.45) is 1.96. The van der Waals surface area contributed by atoms with E-state index in [1.807, 2.05) is 0 Å². The molecule has 0 unspecified atom stereocenters. The van der Waals surface area contributed by atoms with Gasteiger partial charge in [-0.2, -0.15) is 5.10 Å². The molecule has 0 aliphatic rings. The van der Waals surface area contributed by atoms with Crippen LogP contribution in [0.5, 0.6) is 0 Å². The monoisotopic (exact) mass is 325 g/mol. The van der Waals surface area contributed by atoms with Gasteiger partial charge in [-0.3, -0.25) is 4.68 Å². The summed E-state index contributed by atoms with van der Waals surface area (Å²) in [4.78, 5) is 4.15. The molecule has 0 bridgehead atoms. The van der Waals surface area contributed by atoms with Crippen LogP contribution in [0.15, 0.2) is 35.5 Å². The van der Waals surface area contributed by atoms with E-state index in [9.17, 15) is 8.42 Å². The molecule has 0 aliphatic heterocycles. The zero-order chi connectivity index (χ0) is 15.5. The Hall–Kier alpha value is -1.84. The number of nitrogens with zero attached hydrogens (tertiary/aromatic N) is 3. The number of hydrogen-bond acceptors (Lipinski definition) is 5. The molecule has 112 valence electrons. The molecule has 1 heterocycles. The quantitative estimate of drug-likeness (QED) is 0.723. The van der Waals surface area contributed by atoms with Crippen molar-refractivity contribution in [1.29, 1.82) is 0 Å². The van der Waals surface area contributed by atoms with Gasteiger partial charge in [0.15, 0.2) is 5.82 Å². The molecule has 21 heavy (non-hydrogen) atoms. The number of thiocarbonyl (C=S) groups is 1. The van der Waals surface area contributed by atoms with Crippen LogP contribution < -0.4 is 10.5 Å². The second kappa shape index (κ2) is 6.29. The van der Waals surface area contributed by atoms with Gasteiger partial charge in [-0.05, 0) is 6.07 Å². The predicted octanol–water partition coefficient (Wildman–Crippen LogP) is -0.0297. The summed E-state index contributed by atoms with van der Waals surface area (Å²) in [6, 6.07) is 6.36. The van der Waals surface area contributed by atoms with Crippen LogP contribution >= 0.6 is 12.2 Å².